The van der Waals surface area contributed by atoms with Gasteiger partial charge in [-0.15, -0.1) is 0 Å². The smallest absolute Gasteiger partial charge is 0.242 e. The number of rotatable bonds is 6. The minimum absolute atomic E-state index is 0.0497. The molecule has 0 saturated heterocycles. The lowest BCUT2D eigenvalue weighted by molar-refractivity contribution is 0.101. The van der Waals surface area contributed by atoms with E-state index in [4.69, 9.17) is 0 Å². The first kappa shape index (κ1) is 17.1. The second-order valence-electron chi connectivity index (χ2n) is 4.70. The van der Waals surface area contributed by atoms with Gasteiger partial charge in [0.25, 0.3) is 0 Å². The van der Waals surface area contributed by atoms with Gasteiger partial charge in [0, 0.05) is 4.47 Å². The molecule has 0 saturated carbocycles. The van der Waals surface area contributed by atoms with Crippen LogP contribution in [0.3, 0.4) is 0 Å². The predicted octanol–water partition coefficient (Wildman–Crippen LogP) is 1.82. The number of sulfonamides is 1. The van der Waals surface area contributed by atoms with Crippen molar-refractivity contribution in [2.45, 2.75) is 17.0 Å². The highest BCUT2D eigenvalue weighted by Crippen LogP contribution is 2.23. The minimum atomic E-state index is -3.87. The lowest BCUT2D eigenvalue weighted by Gasteiger charge is -2.22. The Kier molecular flexibility index (Phi) is 5.71. The number of aliphatic hydroxyl groups excluding tert-OH is 2. The van der Waals surface area contributed by atoms with E-state index in [2.05, 4.69) is 20.7 Å². The van der Waals surface area contributed by atoms with E-state index < -0.39 is 28.8 Å². The van der Waals surface area contributed by atoms with Crippen molar-refractivity contribution in [3.63, 3.8) is 0 Å². The third kappa shape index (κ3) is 3.93. The number of benzene rings is 2. The van der Waals surface area contributed by atoms with Crippen LogP contribution in [0.25, 0.3) is 0 Å². The zero-order chi connectivity index (χ0) is 16.2. The van der Waals surface area contributed by atoms with Crippen LogP contribution < -0.4 is 4.72 Å². The molecule has 22 heavy (non-hydrogen) atoms. The van der Waals surface area contributed by atoms with Crippen LogP contribution in [-0.4, -0.2) is 31.3 Å². The zero-order valence-corrected chi connectivity index (χ0v) is 14.0. The molecule has 0 aromatic heterocycles. The highest BCUT2D eigenvalue weighted by atomic mass is 79.9. The van der Waals surface area contributed by atoms with Gasteiger partial charge in [0.05, 0.1) is 23.6 Å². The van der Waals surface area contributed by atoms with Crippen LogP contribution in [0, 0.1) is 0 Å². The highest BCUT2D eigenvalue weighted by Gasteiger charge is 2.27. The van der Waals surface area contributed by atoms with Gasteiger partial charge >= 0.3 is 0 Å². The monoisotopic (exact) mass is 385 g/mol. The number of halogens is 1. The third-order valence-corrected chi connectivity index (χ3v) is 5.65. The topological polar surface area (TPSA) is 86.6 Å². The van der Waals surface area contributed by atoms with Crippen molar-refractivity contribution in [1.29, 1.82) is 0 Å². The molecule has 0 amide bonds. The minimum Gasteiger partial charge on any atom is -0.395 e. The second kappa shape index (κ2) is 7.34. The SMILES string of the molecule is O=S(=O)(N[C@@H](CO)[C@@H](O)c1ccccc1)c1ccccc1Br. The molecule has 2 aromatic rings. The third-order valence-electron chi connectivity index (χ3n) is 3.15. The van der Waals surface area contributed by atoms with Gasteiger partial charge in [-0.1, -0.05) is 42.5 Å². The summed E-state index contributed by atoms with van der Waals surface area (Å²) in [4.78, 5) is 0.0497. The molecule has 2 aromatic carbocycles. The summed E-state index contributed by atoms with van der Waals surface area (Å²) in [6, 6.07) is 13.9. The maximum Gasteiger partial charge on any atom is 0.242 e. The van der Waals surface area contributed by atoms with E-state index in [1.807, 2.05) is 0 Å². The Morgan fingerprint density at radius 1 is 1.05 bits per heavy atom. The van der Waals surface area contributed by atoms with E-state index in [9.17, 15) is 18.6 Å². The van der Waals surface area contributed by atoms with Gasteiger partial charge in [-0.3, -0.25) is 0 Å². The van der Waals surface area contributed by atoms with E-state index in [0.29, 0.717) is 10.0 Å². The second-order valence-corrected chi connectivity index (χ2v) is 7.23. The van der Waals surface area contributed by atoms with E-state index in [0.717, 1.165) is 0 Å². The van der Waals surface area contributed by atoms with Crippen LogP contribution in [0.5, 0.6) is 0 Å². The van der Waals surface area contributed by atoms with Gasteiger partial charge in [0.2, 0.25) is 10.0 Å². The molecule has 2 rings (SSSR count). The number of hydrogen-bond acceptors (Lipinski definition) is 4. The number of aliphatic hydroxyl groups is 2. The molecule has 0 heterocycles. The van der Waals surface area contributed by atoms with Gasteiger partial charge in [-0.05, 0) is 33.6 Å². The van der Waals surface area contributed by atoms with Gasteiger partial charge in [-0.25, -0.2) is 13.1 Å². The summed E-state index contributed by atoms with van der Waals surface area (Å²) in [5, 5.41) is 19.7. The summed E-state index contributed by atoms with van der Waals surface area (Å²) in [6.07, 6.45) is -1.15. The fraction of sp³-hybridized carbons (Fsp3) is 0.200. The van der Waals surface area contributed by atoms with Crippen molar-refractivity contribution < 1.29 is 18.6 Å². The molecular formula is C15H16BrNO4S. The molecule has 7 heteroatoms. The molecule has 0 radical (unpaired) electrons. The first-order valence-electron chi connectivity index (χ1n) is 6.56. The molecule has 5 nitrogen and oxygen atoms in total. The van der Waals surface area contributed by atoms with Crippen LogP contribution in [0.4, 0.5) is 0 Å². The summed E-state index contributed by atoms with van der Waals surface area (Å²) in [6.45, 7) is -0.528. The molecular weight excluding hydrogens is 370 g/mol. The van der Waals surface area contributed by atoms with Crippen molar-refractivity contribution >= 4 is 26.0 Å². The fourth-order valence-corrected chi connectivity index (χ4v) is 4.25. The molecule has 0 fully saturated rings. The van der Waals surface area contributed by atoms with Crippen molar-refractivity contribution in [3.05, 3.63) is 64.6 Å². The van der Waals surface area contributed by atoms with Gasteiger partial charge in [-0.2, -0.15) is 0 Å². The van der Waals surface area contributed by atoms with Crippen LogP contribution in [0.15, 0.2) is 64.0 Å². The summed E-state index contributed by atoms with van der Waals surface area (Å²) in [5.74, 6) is 0. The maximum absolute atomic E-state index is 12.4. The Bertz CT molecular complexity index is 721. The van der Waals surface area contributed by atoms with Gasteiger partial charge in [0.15, 0.2) is 0 Å². The molecule has 2 atom stereocenters. The van der Waals surface area contributed by atoms with Crippen LogP contribution in [-0.2, 0) is 10.0 Å². The Balaban J connectivity index is 2.25. The average Bonchev–Trinajstić information content (AvgIpc) is 2.53. The molecule has 0 unspecified atom stereocenters. The van der Waals surface area contributed by atoms with Crippen molar-refractivity contribution in [2.75, 3.05) is 6.61 Å². The molecule has 0 aliphatic heterocycles. The lowest BCUT2D eigenvalue weighted by Crippen LogP contribution is -2.41. The van der Waals surface area contributed by atoms with Crippen LogP contribution >= 0.6 is 15.9 Å². The summed E-state index contributed by atoms with van der Waals surface area (Å²) >= 11 is 3.18. The van der Waals surface area contributed by atoms with Crippen molar-refractivity contribution in [3.8, 4) is 0 Å². The van der Waals surface area contributed by atoms with Crippen molar-refractivity contribution in [2.24, 2.45) is 0 Å². The Hall–Kier alpha value is -1.25. The quantitative estimate of drug-likeness (QED) is 0.707. The number of hydrogen-bond donors (Lipinski definition) is 3. The van der Waals surface area contributed by atoms with Gasteiger partial charge < -0.3 is 10.2 Å². The van der Waals surface area contributed by atoms with E-state index in [1.165, 1.54) is 6.07 Å². The molecule has 3 N–H and O–H groups in total. The molecule has 0 spiro atoms. The Labute approximate surface area is 137 Å². The van der Waals surface area contributed by atoms with Crippen molar-refractivity contribution in [1.82, 2.24) is 4.72 Å². The summed E-state index contributed by atoms with van der Waals surface area (Å²) in [7, 11) is -3.87. The average molecular weight is 386 g/mol. The van der Waals surface area contributed by atoms with Crippen LogP contribution in [0.2, 0.25) is 0 Å². The molecule has 0 aliphatic rings. The van der Waals surface area contributed by atoms with E-state index in [-0.39, 0.29) is 4.90 Å². The highest BCUT2D eigenvalue weighted by molar-refractivity contribution is 9.10. The van der Waals surface area contributed by atoms with E-state index in [1.54, 1.807) is 48.5 Å². The van der Waals surface area contributed by atoms with Crippen LogP contribution in [0.1, 0.15) is 11.7 Å². The molecule has 118 valence electrons. The maximum atomic E-state index is 12.4. The normalized spacial score (nSPS) is 14.5. The summed E-state index contributed by atoms with van der Waals surface area (Å²) in [5.41, 5.74) is 0.524. The first-order chi connectivity index (χ1) is 10.5. The zero-order valence-electron chi connectivity index (χ0n) is 11.6. The Morgan fingerprint density at radius 2 is 1.64 bits per heavy atom. The number of nitrogens with one attached hydrogen (secondary N) is 1. The Morgan fingerprint density at radius 3 is 2.23 bits per heavy atom. The fourth-order valence-electron chi connectivity index (χ4n) is 2.01. The standard InChI is InChI=1S/C15H16BrNO4S/c16-12-8-4-5-9-14(12)22(20,21)17-13(10-18)15(19)11-6-2-1-3-7-11/h1-9,13,15,17-19H,10H2/t13-,15-/m0/s1. The molecule has 0 bridgehead atoms. The first-order valence-corrected chi connectivity index (χ1v) is 8.84. The molecule has 0 aliphatic carbocycles. The predicted molar refractivity (Wildman–Crippen MR) is 86.7 cm³/mol. The lowest BCUT2D eigenvalue weighted by atomic mass is 10.0. The van der Waals surface area contributed by atoms with E-state index >= 15 is 0 Å². The van der Waals surface area contributed by atoms with Gasteiger partial charge in [0.1, 0.15) is 0 Å². The summed E-state index contributed by atoms with van der Waals surface area (Å²) < 4.78 is 27.5. The largest absolute Gasteiger partial charge is 0.395 e.